The number of aliphatic hydroxyl groups is 4. The Labute approximate surface area is 147 Å². The van der Waals surface area contributed by atoms with Gasteiger partial charge in [0.15, 0.2) is 12.9 Å². The molecule has 5 atom stereocenters. The second-order valence-electron chi connectivity index (χ2n) is 5.09. The van der Waals surface area contributed by atoms with Gasteiger partial charge >= 0.3 is 5.97 Å². The number of carbonyl (C=O) groups excluding carboxylic acids is 1. The molecule has 1 aliphatic heterocycles. The fourth-order valence-electron chi connectivity index (χ4n) is 2.05. The molecule has 4 N–H and O–H groups in total. The Morgan fingerprint density at radius 1 is 1.25 bits per heavy atom. The molecule has 0 unspecified atom stereocenters. The van der Waals surface area contributed by atoms with Gasteiger partial charge in [0.25, 0.3) is 0 Å². The molecule has 1 aromatic rings. The van der Waals surface area contributed by atoms with E-state index in [2.05, 4.69) is 0 Å². The van der Waals surface area contributed by atoms with Crippen LogP contribution in [0.3, 0.4) is 0 Å². The standard InChI is InChI=1S/C14H16Cl2O8/c15-6-1-2-9(7(16)3-6)22-5-10(18)23-4-8(17)13-11(19)12(20)14(21)24-13/h1-3,8,11-14,17,19-21H,4-5H2/t8-,11-,12-,13-,14+/m1/s1. The average molecular weight is 383 g/mol. The first-order valence-electron chi connectivity index (χ1n) is 6.91. The monoisotopic (exact) mass is 382 g/mol. The zero-order valence-electron chi connectivity index (χ0n) is 12.2. The van der Waals surface area contributed by atoms with Crippen LogP contribution in [0.25, 0.3) is 0 Å². The molecule has 2 rings (SSSR count). The first-order chi connectivity index (χ1) is 11.3. The van der Waals surface area contributed by atoms with Gasteiger partial charge in [0.1, 0.15) is 36.8 Å². The molecule has 0 radical (unpaired) electrons. The predicted octanol–water partition coefficient (Wildman–Crippen LogP) is -0.285. The summed E-state index contributed by atoms with van der Waals surface area (Å²) in [5.41, 5.74) is 0. The van der Waals surface area contributed by atoms with E-state index in [1.165, 1.54) is 18.2 Å². The molecule has 24 heavy (non-hydrogen) atoms. The number of carbonyl (C=O) groups is 1. The molecular weight excluding hydrogens is 367 g/mol. The van der Waals surface area contributed by atoms with Gasteiger partial charge in [-0.05, 0) is 18.2 Å². The van der Waals surface area contributed by atoms with Crippen LogP contribution in [-0.4, -0.2) is 70.3 Å². The first-order valence-corrected chi connectivity index (χ1v) is 7.66. The molecule has 0 aromatic heterocycles. The van der Waals surface area contributed by atoms with Gasteiger partial charge in [-0.1, -0.05) is 23.2 Å². The molecule has 134 valence electrons. The summed E-state index contributed by atoms with van der Waals surface area (Å²) >= 11 is 11.6. The van der Waals surface area contributed by atoms with Crippen LogP contribution >= 0.6 is 23.2 Å². The zero-order chi connectivity index (χ0) is 17.9. The maximum absolute atomic E-state index is 11.6. The lowest BCUT2D eigenvalue weighted by Gasteiger charge is -2.20. The smallest absolute Gasteiger partial charge is 0.344 e. The third-order valence-corrected chi connectivity index (χ3v) is 3.84. The topological polar surface area (TPSA) is 126 Å². The molecule has 0 amide bonds. The minimum absolute atomic E-state index is 0.223. The third-order valence-electron chi connectivity index (χ3n) is 3.31. The number of hydrogen-bond acceptors (Lipinski definition) is 8. The Kier molecular flexibility index (Phi) is 6.64. The van der Waals surface area contributed by atoms with Crippen molar-refractivity contribution in [2.24, 2.45) is 0 Å². The maximum Gasteiger partial charge on any atom is 0.344 e. The van der Waals surface area contributed by atoms with E-state index in [0.717, 1.165) is 0 Å². The molecule has 1 fully saturated rings. The van der Waals surface area contributed by atoms with Gasteiger partial charge in [-0.3, -0.25) is 0 Å². The fraction of sp³-hybridized carbons (Fsp3) is 0.500. The number of halogens is 2. The molecule has 0 saturated carbocycles. The van der Waals surface area contributed by atoms with Gasteiger partial charge in [-0.15, -0.1) is 0 Å². The van der Waals surface area contributed by atoms with E-state index in [1.807, 2.05) is 0 Å². The Balaban J connectivity index is 1.77. The summed E-state index contributed by atoms with van der Waals surface area (Å²) in [4.78, 5) is 11.6. The zero-order valence-corrected chi connectivity index (χ0v) is 13.7. The van der Waals surface area contributed by atoms with Crippen LogP contribution in [0.2, 0.25) is 10.0 Å². The molecule has 1 heterocycles. The highest BCUT2D eigenvalue weighted by Crippen LogP contribution is 2.27. The van der Waals surface area contributed by atoms with Crippen LogP contribution < -0.4 is 4.74 Å². The first kappa shape index (κ1) is 19.2. The number of benzene rings is 1. The number of hydrogen-bond donors (Lipinski definition) is 4. The maximum atomic E-state index is 11.6. The molecule has 0 aliphatic carbocycles. The van der Waals surface area contributed by atoms with Gasteiger partial charge in [0.05, 0.1) is 5.02 Å². The Bertz CT molecular complexity index is 584. The van der Waals surface area contributed by atoms with Crippen LogP contribution in [0.5, 0.6) is 5.75 Å². The van der Waals surface area contributed by atoms with Crippen molar-refractivity contribution in [1.29, 1.82) is 0 Å². The fourth-order valence-corrected chi connectivity index (χ4v) is 2.51. The van der Waals surface area contributed by atoms with Crippen molar-refractivity contribution in [2.75, 3.05) is 13.2 Å². The van der Waals surface area contributed by atoms with Crippen LogP contribution in [0.15, 0.2) is 18.2 Å². The summed E-state index contributed by atoms with van der Waals surface area (Å²) in [5, 5.41) is 38.6. The molecular formula is C14H16Cl2O8. The number of esters is 1. The van der Waals surface area contributed by atoms with Crippen molar-refractivity contribution < 1.29 is 39.4 Å². The van der Waals surface area contributed by atoms with Crippen LogP contribution in [0.4, 0.5) is 0 Å². The molecule has 0 spiro atoms. The normalized spacial score (nSPS) is 27.8. The van der Waals surface area contributed by atoms with Gasteiger partial charge in [0.2, 0.25) is 0 Å². The highest BCUT2D eigenvalue weighted by Gasteiger charge is 2.45. The molecule has 0 bridgehead atoms. The number of rotatable bonds is 6. The molecule has 1 aliphatic rings. The van der Waals surface area contributed by atoms with Crippen LogP contribution in [-0.2, 0) is 14.3 Å². The van der Waals surface area contributed by atoms with Crippen molar-refractivity contribution >= 4 is 29.2 Å². The van der Waals surface area contributed by atoms with Gasteiger partial charge in [0, 0.05) is 5.02 Å². The summed E-state index contributed by atoms with van der Waals surface area (Å²) in [5.74, 6) is -0.562. The van der Waals surface area contributed by atoms with Gasteiger partial charge < -0.3 is 34.6 Å². The third kappa shape index (κ3) is 4.70. The number of aliphatic hydroxyl groups excluding tert-OH is 4. The number of ether oxygens (including phenoxy) is 3. The van der Waals surface area contributed by atoms with Gasteiger partial charge in [-0.25, -0.2) is 4.79 Å². The Hall–Kier alpha value is -1.13. The molecule has 1 aromatic carbocycles. The van der Waals surface area contributed by atoms with E-state index in [-0.39, 0.29) is 10.8 Å². The van der Waals surface area contributed by atoms with Crippen molar-refractivity contribution in [1.82, 2.24) is 0 Å². The van der Waals surface area contributed by atoms with E-state index in [4.69, 9.17) is 37.4 Å². The molecule has 1 saturated heterocycles. The molecule has 10 heteroatoms. The predicted molar refractivity (Wildman–Crippen MR) is 81.8 cm³/mol. The minimum atomic E-state index is -1.62. The highest BCUT2D eigenvalue weighted by atomic mass is 35.5. The minimum Gasteiger partial charge on any atom is -0.480 e. The summed E-state index contributed by atoms with van der Waals surface area (Å²) in [6.45, 7) is -0.981. The van der Waals surface area contributed by atoms with Crippen LogP contribution in [0, 0.1) is 0 Å². The quantitative estimate of drug-likeness (QED) is 0.494. The SMILES string of the molecule is O=C(COc1ccc(Cl)cc1Cl)OC[C@@H](O)[C@H]1O[C@H](O)[C@H](O)[C@H]1O. The Morgan fingerprint density at radius 3 is 2.54 bits per heavy atom. The largest absolute Gasteiger partial charge is 0.480 e. The summed E-state index contributed by atoms with van der Waals surface area (Å²) in [6, 6.07) is 4.47. The highest BCUT2D eigenvalue weighted by molar-refractivity contribution is 6.35. The lowest BCUT2D eigenvalue weighted by atomic mass is 10.1. The second-order valence-corrected chi connectivity index (χ2v) is 5.93. The summed E-state index contributed by atoms with van der Waals surface area (Å²) < 4.78 is 14.7. The Morgan fingerprint density at radius 2 is 1.96 bits per heavy atom. The van der Waals surface area contributed by atoms with E-state index in [9.17, 15) is 25.2 Å². The van der Waals surface area contributed by atoms with E-state index in [1.54, 1.807) is 0 Å². The van der Waals surface area contributed by atoms with E-state index in [0.29, 0.717) is 5.02 Å². The van der Waals surface area contributed by atoms with E-state index >= 15 is 0 Å². The summed E-state index contributed by atoms with van der Waals surface area (Å²) in [6.07, 6.45) is -7.39. The van der Waals surface area contributed by atoms with Crippen molar-refractivity contribution in [2.45, 2.75) is 30.7 Å². The lowest BCUT2D eigenvalue weighted by Crippen LogP contribution is -2.41. The van der Waals surface area contributed by atoms with Crippen LogP contribution in [0.1, 0.15) is 0 Å². The van der Waals surface area contributed by atoms with Crippen molar-refractivity contribution in [3.63, 3.8) is 0 Å². The summed E-state index contributed by atoms with van der Waals surface area (Å²) in [7, 11) is 0. The van der Waals surface area contributed by atoms with Crippen molar-refractivity contribution in [3.05, 3.63) is 28.2 Å². The lowest BCUT2D eigenvalue weighted by molar-refractivity contribution is -0.164. The van der Waals surface area contributed by atoms with Crippen molar-refractivity contribution in [3.8, 4) is 5.75 Å². The van der Waals surface area contributed by atoms with Gasteiger partial charge in [-0.2, -0.15) is 0 Å². The average Bonchev–Trinajstić information content (AvgIpc) is 2.79. The second kappa shape index (κ2) is 8.30. The van der Waals surface area contributed by atoms with E-state index < -0.39 is 49.9 Å². The molecule has 8 nitrogen and oxygen atoms in total.